The minimum atomic E-state index is -4.15. The number of thiazole rings is 1. The third-order valence-corrected chi connectivity index (χ3v) is 4.28. The van der Waals surface area contributed by atoms with Gasteiger partial charge in [-0.2, -0.15) is 8.42 Å². The van der Waals surface area contributed by atoms with Crippen LogP contribution in [0.3, 0.4) is 0 Å². The van der Waals surface area contributed by atoms with Crippen molar-refractivity contribution in [3.63, 3.8) is 0 Å². The van der Waals surface area contributed by atoms with Gasteiger partial charge < -0.3 is 0 Å². The maximum atomic E-state index is 11.1. The quantitative estimate of drug-likeness (QED) is 0.820. The van der Waals surface area contributed by atoms with Crippen molar-refractivity contribution in [1.29, 1.82) is 0 Å². The molecule has 0 saturated heterocycles. The molecule has 80 valence electrons. The second-order valence-electron chi connectivity index (χ2n) is 3.04. The van der Waals surface area contributed by atoms with Gasteiger partial charge in [-0.1, -0.05) is 13.0 Å². The summed E-state index contributed by atoms with van der Waals surface area (Å²) < 4.78 is 31.7. The maximum Gasteiger partial charge on any atom is 0.296 e. The molecule has 1 N–H and O–H groups in total. The largest absolute Gasteiger partial charge is 0.296 e. The molecule has 0 aliphatic rings. The lowest BCUT2D eigenvalue weighted by Crippen LogP contribution is -1.97. The first-order valence-electron chi connectivity index (χ1n) is 4.38. The second kappa shape index (κ2) is 3.55. The van der Waals surface area contributed by atoms with E-state index in [2.05, 4.69) is 4.98 Å². The average Bonchev–Trinajstić information content (AvgIpc) is 2.57. The fourth-order valence-corrected chi connectivity index (χ4v) is 3.27. The molecule has 0 spiro atoms. The number of fused-ring (bicyclic) bond motifs is 1. The van der Waals surface area contributed by atoms with Crippen LogP contribution in [0.25, 0.3) is 10.2 Å². The van der Waals surface area contributed by atoms with E-state index < -0.39 is 10.1 Å². The molecule has 0 radical (unpaired) electrons. The first-order chi connectivity index (χ1) is 7.02. The lowest BCUT2D eigenvalue weighted by Gasteiger charge is -1.96. The molecule has 0 atom stereocenters. The van der Waals surface area contributed by atoms with Crippen LogP contribution in [-0.2, 0) is 16.5 Å². The highest BCUT2D eigenvalue weighted by molar-refractivity contribution is 7.86. The summed E-state index contributed by atoms with van der Waals surface area (Å²) in [5.74, 6) is 0. The Balaban J connectivity index is 2.81. The van der Waals surface area contributed by atoms with Gasteiger partial charge in [0.05, 0.1) is 15.2 Å². The molecule has 0 fully saturated rings. The van der Waals surface area contributed by atoms with Crippen molar-refractivity contribution >= 4 is 31.7 Å². The Bertz CT molecular complexity index is 601. The minimum absolute atomic E-state index is 0.0581. The smallest absolute Gasteiger partial charge is 0.282 e. The summed E-state index contributed by atoms with van der Waals surface area (Å²) in [7, 11) is -4.15. The van der Waals surface area contributed by atoms with Crippen molar-refractivity contribution < 1.29 is 13.0 Å². The normalized spacial score (nSPS) is 12.1. The third-order valence-electron chi connectivity index (χ3n) is 2.00. The van der Waals surface area contributed by atoms with E-state index in [4.69, 9.17) is 4.55 Å². The van der Waals surface area contributed by atoms with Crippen molar-refractivity contribution in [1.82, 2.24) is 4.98 Å². The van der Waals surface area contributed by atoms with Gasteiger partial charge in [0, 0.05) is 0 Å². The molecule has 0 unspecified atom stereocenters. The summed E-state index contributed by atoms with van der Waals surface area (Å²) in [6.07, 6.45) is 0.754. The van der Waals surface area contributed by atoms with Gasteiger partial charge in [0.15, 0.2) is 0 Å². The second-order valence-corrected chi connectivity index (χ2v) is 5.51. The molecule has 0 bridgehead atoms. The van der Waals surface area contributed by atoms with Crippen molar-refractivity contribution in [2.24, 2.45) is 0 Å². The number of aromatic nitrogens is 1. The van der Waals surface area contributed by atoms with Crippen molar-refractivity contribution in [3.05, 3.63) is 23.2 Å². The highest BCUT2D eigenvalue weighted by Gasteiger charge is 2.16. The molecule has 15 heavy (non-hydrogen) atoms. The van der Waals surface area contributed by atoms with Gasteiger partial charge in [-0.3, -0.25) is 4.55 Å². The number of nitrogens with zero attached hydrogens (tertiary/aromatic N) is 1. The molecule has 0 aliphatic carbocycles. The highest BCUT2D eigenvalue weighted by Crippen LogP contribution is 2.28. The molecule has 0 amide bonds. The van der Waals surface area contributed by atoms with E-state index >= 15 is 0 Å². The van der Waals surface area contributed by atoms with Gasteiger partial charge in [-0.15, -0.1) is 11.3 Å². The fraction of sp³-hybridized carbons (Fsp3) is 0.222. The SMILES string of the molecule is CCc1nc2cccc(S(=O)(=O)O)c2s1. The van der Waals surface area contributed by atoms with Crippen LogP contribution < -0.4 is 0 Å². The van der Waals surface area contributed by atoms with Crippen LogP contribution >= 0.6 is 11.3 Å². The molecule has 1 heterocycles. The van der Waals surface area contributed by atoms with Crippen LogP contribution in [0.5, 0.6) is 0 Å². The summed E-state index contributed by atoms with van der Waals surface area (Å²) >= 11 is 1.30. The molecule has 1 aromatic heterocycles. The fourth-order valence-electron chi connectivity index (χ4n) is 1.32. The first-order valence-corrected chi connectivity index (χ1v) is 6.64. The number of hydrogen-bond donors (Lipinski definition) is 1. The van der Waals surface area contributed by atoms with Crippen LogP contribution in [0, 0.1) is 0 Å². The standard InChI is InChI=1S/C9H9NO3S2/c1-2-8-10-6-4-3-5-7(9(6)14-8)15(11,12)13/h3-5H,2H2,1H3,(H,11,12,13). The molecular formula is C9H9NO3S2. The van der Waals surface area contributed by atoms with E-state index in [9.17, 15) is 8.42 Å². The van der Waals surface area contributed by atoms with E-state index in [-0.39, 0.29) is 4.90 Å². The predicted molar refractivity (Wildman–Crippen MR) is 58.8 cm³/mol. The Labute approximate surface area is 91.3 Å². The van der Waals surface area contributed by atoms with Crippen LogP contribution in [-0.4, -0.2) is 18.0 Å². The lowest BCUT2D eigenvalue weighted by molar-refractivity contribution is 0.484. The zero-order valence-electron chi connectivity index (χ0n) is 7.97. The molecule has 1 aromatic carbocycles. The molecule has 6 heteroatoms. The number of rotatable bonds is 2. The van der Waals surface area contributed by atoms with Gasteiger partial charge in [0.25, 0.3) is 10.1 Å². The van der Waals surface area contributed by atoms with Gasteiger partial charge in [0.2, 0.25) is 0 Å². The topological polar surface area (TPSA) is 67.3 Å². The molecular weight excluding hydrogens is 234 g/mol. The van der Waals surface area contributed by atoms with E-state index in [1.54, 1.807) is 12.1 Å². The van der Waals surface area contributed by atoms with Gasteiger partial charge in [-0.05, 0) is 18.6 Å². The van der Waals surface area contributed by atoms with Crippen molar-refractivity contribution in [2.75, 3.05) is 0 Å². The van der Waals surface area contributed by atoms with E-state index in [0.29, 0.717) is 10.2 Å². The highest BCUT2D eigenvalue weighted by atomic mass is 32.2. The molecule has 0 aliphatic heterocycles. The van der Waals surface area contributed by atoms with Gasteiger partial charge >= 0.3 is 0 Å². The average molecular weight is 243 g/mol. The van der Waals surface area contributed by atoms with Gasteiger partial charge in [-0.25, -0.2) is 4.98 Å². The Kier molecular flexibility index (Phi) is 2.49. The number of benzene rings is 1. The Hall–Kier alpha value is -0.980. The molecule has 2 rings (SSSR count). The summed E-state index contributed by atoms with van der Waals surface area (Å²) in [5, 5.41) is 0.862. The summed E-state index contributed by atoms with van der Waals surface area (Å²) in [4.78, 5) is 4.19. The van der Waals surface area contributed by atoms with Crippen LogP contribution in [0.4, 0.5) is 0 Å². The zero-order valence-corrected chi connectivity index (χ0v) is 9.60. The van der Waals surface area contributed by atoms with E-state index in [0.717, 1.165) is 11.4 Å². The summed E-state index contributed by atoms with van der Waals surface area (Å²) in [6.45, 7) is 1.95. The van der Waals surface area contributed by atoms with Crippen molar-refractivity contribution in [2.45, 2.75) is 18.2 Å². The van der Waals surface area contributed by atoms with Gasteiger partial charge in [0.1, 0.15) is 4.90 Å². The molecule has 2 aromatic rings. The number of aryl methyl sites for hydroxylation is 1. The van der Waals surface area contributed by atoms with Crippen molar-refractivity contribution in [3.8, 4) is 0 Å². The molecule has 4 nitrogen and oxygen atoms in total. The predicted octanol–water partition coefficient (Wildman–Crippen LogP) is 2.11. The maximum absolute atomic E-state index is 11.1. The third kappa shape index (κ3) is 1.88. The Morgan fingerprint density at radius 2 is 2.20 bits per heavy atom. The number of hydrogen-bond acceptors (Lipinski definition) is 4. The Morgan fingerprint density at radius 1 is 1.47 bits per heavy atom. The van der Waals surface area contributed by atoms with Crippen LogP contribution in [0.15, 0.2) is 23.1 Å². The molecule has 0 saturated carbocycles. The monoisotopic (exact) mass is 243 g/mol. The minimum Gasteiger partial charge on any atom is -0.282 e. The van der Waals surface area contributed by atoms with E-state index in [1.165, 1.54) is 17.4 Å². The first kappa shape index (κ1) is 10.5. The van der Waals surface area contributed by atoms with Crippen LogP contribution in [0.1, 0.15) is 11.9 Å². The summed E-state index contributed by atoms with van der Waals surface area (Å²) in [5.41, 5.74) is 0.618. The zero-order chi connectivity index (χ0) is 11.1. The lowest BCUT2D eigenvalue weighted by atomic mass is 10.3. The van der Waals surface area contributed by atoms with E-state index in [1.807, 2.05) is 6.92 Å². The Morgan fingerprint density at radius 3 is 2.80 bits per heavy atom. The van der Waals surface area contributed by atoms with Crippen LogP contribution in [0.2, 0.25) is 0 Å². The summed E-state index contributed by atoms with van der Waals surface area (Å²) in [6, 6.07) is 4.69.